The predicted octanol–water partition coefficient (Wildman–Crippen LogP) is 10.0. The standard InChI is InChI=1S/C28H15BrS2/c29-21-9-5-11-24-27(21)20-14-17(12-13-23(20)30-24)26-18-7-2-1-6-16(18)15-25-28(26)19-8-3-4-10-22(19)31-25/h1-15H. The second-order valence-electron chi connectivity index (χ2n) is 7.87. The molecule has 0 radical (unpaired) electrons. The van der Waals surface area contributed by atoms with Gasteiger partial charge in [0.25, 0.3) is 0 Å². The summed E-state index contributed by atoms with van der Waals surface area (Å²) < 4.78 is 6.52. The van der Waals surface area contributed by atoms with Crippen LogP contribution in [0.4, 0.5) is 0 Å². The molecule has 0 unspecified atom stereocenters. The van der Waals surface area contributed by atoms with E-state index in [1.54, 1.807) is 0 Å². The van der Waals surface area contributed by atoms with Gasteiger partial charge in [0.2, 0.25) is 0 Å². The summed E-state index contributed by atoms with van der Waals surface area (Å²) in [6.07, 6.45) is 0. The maximum absolute atomic E-state index is 3.79. The number of rotatable bonds is 1. The van der Waals surface area contributed by atoms with Crippen LogP contribution in [0.3, 0.4) is 0 Å². The quantitative estimate of drug-likeness (QED) is 0.213. The third-order valence-electron chi connectivity index (χ3n) is 6.12. The highest BCUT2D eigenvalue weighted by molar-refractivity contribution is 9.10. The van der Waals surface area contributed by atoms with Crippen LogP contribution in [0.15, 0.2) is 95.5 Å². The zero-order chi connectivity index (χ0) is 20.5. The molecule has 0 bridgehead atoms. The Morgan fingerprint density at radius 1 is 0.516 bits per heavy atom. The van der Waals surface area contributed by atoms with E-state index in [9.17, 15) is 0 Å². The number of halogens is 1. The summed E-state index contributed by atoms with van der Waals surface area (Å²) in [5, 5.41) is 7.98. The van der Waals surface area contributed by atoms with Crippen LogP contribution in [0.25, 0.3) is 62.2 Å². The number of thiophene rings is 2. The Kier molecular flexibility index (Phi) is 3.83. The molecule has 146 valence electrons. The zero-order valence-corrected chi connectivity index (χ0v) is 19.6. The highest BCUT2D eigenvalue weighted by Gasteiger charge is 2.16. The van der Waals surface area contributed by atoms with Crippen molar-refractivity contribution in [3.05, 3.63) is 95.5 Å². The van der Waals surface area contributed by atoms with Gasteiger partial charge in [-0.05, 0) is 58.3 Å². The normalized spacial score (nSPS) is 12.0. The lowest BCUT2D eigenvalue weighted by atomic mass is 9.92. The maximum atomic E-state index is 3.79. The van der Waals surface area contributed by atoms with E-state index in [2.05, 4.69) is 107 Å². The largest absolute Gasteiger partial charge is 0.135 e. The van der Waals surface area contributed by atoms with Gasteiger partial charge in [0.15, 0.2) is 0 Å². The van der Waals surface area contributed by atoms with Gasteiger partial charge < -0.3 is 0 Å². The molecule has 0 saturated carbocycles. The predicted molar refractivity (Wildman–Crippen MR) is 143 cm³/mol. The van der Waals surface area contributed by atoms with Crippen molar-refractivity contribution in [3.8, 4) is 11.1 Å². The molecule has 0 spiro atoms. The molecule has 0 aliphatic carbocycles. The van der Waals surface area contributed by atoms with Crippen LogP contribution in [0.5, 0.6) is 0 Å². The molecule has 31 heavy (non-hydrogen) atoms. The molecule has 0 N–H and O–H groups in total. The van der Waals surface area contributed by atoms with Gasteiger partial charge in [0.05, 0.1) is 0 Å². The number of hydrogen-bond acceptors (Lipinski definition) is 2. The average molecular weight is 495 g/mol. The average Bonchev–Trinajstić information content (AvgIpc) is 3.35. The first-order valence-corrected chi connectivity index (χ1v) is 12.6. The van der Waals surface area contributed by atoms with E-state index >= 15 is 0 Å². The van der Waals surface area contributed by atoms with Gasteiger partial charge in [0, 0.05) is 44.8 Å². The Bertz CT molecular complexity index is 1800. The SMILES string of the molecule is Brc1cccc2sc3ccc(-c4c5ccccc5cc5sc6ccccc6c45)cc3c12. The second kappa shape index (κ2) is 6.64. The first kappa shape index (κ1) is 17.9. The second-order valence-corrected chi connectivity index (χ2v) is 10.9. The summed E-state index contributed by atoms with van der Waals surface area (Å²) >= 11 is 7.55. The Balaban J connectivity index is 1.68. The van der Waals surface area contributed by atoms with E-state index in [1.807, 2.05) is 22.7 Å². The van der Waals surface area contributed by atoms with Crippen LogP contribution < -0.4 is 0 Å². The topological polar surface area (TPSA) is 0 Å². The molecule has 7 aromatic rings. The molecule has 0 saturated heterocycles. The minimum Gasteiger partial charge on any atom is -0.135 e. The first-order chi connectivity index (χ1) is 15.3. The van der Waals surface area contributed by atoms with E-state index in [0.717, 1.165) is 4.47 Å². The summed E-state index contributed by atoms with van der Waals surface area (Å²) in [4.78, 5) is 0. The zero-order valence-electron chi connectivity index (χ0n) is 16.4. The lowest BCUT2D eigenvalue weighted by molar-refractivity contribution is 1.75. The molecule has 5 aromatic carbocycles. The maximum Gasteiger partial charge on any atom is 0.0368 e. The first-order valence-electron chi connectivity index (χ1n) is 10.2. The summed E-state index contributed by atoms with van der Waals surface area (Å²) in [6, 6.07) is 33.4. The van der Waals surface area contributed by atoms with E-state index in [-0.39, 0.29) is 0 Å². The van der Waals surface area contributed by atoms with Gasteiger partial charge in [-0.1, -0.05) is 70.5 Å². The van der Waals surface area contributed by atoms with Crippen molar-refractivity contribution in [1.29, 1.82) is 0 Å². The van der Waals surface area contributed by atoms with E-state index in [1.165, 1.54) is 62.2 Å². The molecule has 2 aromatic heterocycles. The number of benzene rings is 5. The molecule has 7 rings (SSSR count). The minimum atomic E-state index is 1.16. The van der Waals surface area contributed by atoms with Crippen molar-refractivity contribution in [3.63, 3.8) is 0 Å². The highest BCUT2D eigenvalue weighted by Crippen LogP contribution is 2.46. The Hall–Kier alpha value is -2.72. The molecular formula is C28H15BrS2. The van der Waals surface area contributed by atoms with Crippen LogP contribution >= 0.6 is 38.6 Å². The molecule has 0 amide bonds. The van der Waals surface area contributed by atoms with Gasteiger partial charge in [-0.25, -0.2) is 0 Å². The summed E-state index contributed by atoms with van der Waals surface area (Å²) in [7, 11) is 0. The fourth-order valence-electron chi connectivity index (χ4n) is 4.79. The summed E-state index contributed by atoms with van der Waals surface area (Å²) in [5.74, 6) is 0. The lowest BCUT2D eigenvalue weighted by Gasteiger charge is -2.11. The Labute approximate surface area is 195 Å². The third kappa shape index (κ3) is 2.58. The van der Waals surface area contributed by atoms with E-state index in [0.29, 0.717) is 0 Å². The molecule has 0 aliphatic rings. The van der Waals surface area contributed by atoms with Crippen LogP contribution in [0.1, 0.15) is 0 Å². The fourth-order valence-corrected chi connectivity index (χ4v) is 7.78. The van der Waals surface area contributed by atoms with Gasteiger partial charge in [-0.2, -0.15) is 0 Å². The van der Waals surface area contributed by atoms with Crippen LogP contribution in [-0.4, -0.2) is 0 Å². The van der Waals surface area contributed by atoms with Crippen molar-refractivity contribution in [1.82, 2.24) is 0 Å². The Morgan fingerprint density at radius 3 is 2.19 bits per heavy atom. The van der Waals surface area contributed by atoms with Crippen molar-refractivity contribution in [2.45, 2.75) is 0 Å². The fraction of sp³-hybridized carbons (Fsp3) is 0. The molecular weight excluding hydrogens is 480 g/mol. The molecule has 0 fully saturated rings. The number of fused-ring (bicyclic) bond motifs is 7. The number of hydrogen-bond donors (Lipinski definition) is 0. The van der Waals surface area contributed by atoms with Crippen molar-refractivity contribution in [2.75, 3.05) is 0 Å². The van der Waals surface area contributed by atoms with Crippen LogP contribution in [0, 0.1) is 0 Å². The van der Waals surface area contributed by atoms with E-state index < -0.39 is 0 Å². The van der Waals surface area contributed by atoms with Gasteiger partial charge >= 0.3 is 0 Å². The third-order valence-corrected chi connectivity index (χ3v) is 9.04. The summed E-state index contributed by atoms with van der Waals surface area (Å²) in [6.45, 7) is 0. The van der Waals surface area contributed by atoms with Gasteiger partial charge in [-0.15, -0.1) is 22.7 Å². The smallest absolute Gasteiger partial charge is 0.0368 e. The van der Waals surface area contributed by atoms with Crippen molar-refractivity contribution >= 4 is 89.7 Å². The monoisotopic (exact) mass is 494 g/mol. The highest BCUT2D eigenvalue weighted by atomic mass is 79.9. The molecule has 2 heterocycles. The van der Waals surface area contributed by atoms with Crippen molar-refractivity contribution in [2.24, 2.45) is 0 Å². The van der Waals surface area contributed by atoms with Crippen molar-refractivity contribution < 1.29 is 0 Å². The molecule has 0 aliphatic heterocycles. The van der Waals surface area contributed by atoms with Gasteiger partial charge in [0.1, 0.15) is 0 Å². The Morgan fingerprint density at radius 2 is 1.26 bits per heavy atom. The van der Waals surface area contributed by atoms with E-state index in [4.69, 9.17) is 0 Å². The summed E-state index contributed by atoms with van der Waals surface area (Å²) in [5.41, 5.74) is 2.63. The lowest BCUT2D eigenvalue weighted by Crippen LogP contribution is -1.84. The minimum absolute atomic E-state index is 1.16. The molecule has 0 nitrogen and oxygen atoms in total. The van der Waals surface area contributed by atoms with Gasteiger partial charge in [-0.3, -0.25) is 0 Å². The van der Waals surface area contributed by atoms with Crippen LogP contribution in [0.2, 0.25) is 0 Å². The molecule has 3 heteroatoms. The van der Waals surface area contributed by atoms with Crippen LogP contribution in [-0.2, 0) is 0 Å². The molecule has 0 atom stereocenters.